The van der Waals surface area contributed by atoms with E-state index in [0.717, 1.165) is 21.7 Å². The fourth-order valence-electron chi connectivity index (χ4n) is 4.09. The van der Waals surface area contributed by atoms with Crippen LogP contribution in [0, 0.1) is 0 Å². The van der Waals surface area contributed by atoms with Crippen LogP contribution in [0.4, 0.5) is 5.69 Å². The number of likely N-dealkylation sites (N-methyl/N-ethyl adjacent to an activating group) is 1. The van der Waals surface area contributed by atoms with Gasteiger partial charge >= 0.3 is 0 Å². The SMILES string of the molecule is CNC(=O)[C@H](Cc1ccccc1)N(Cc1ccccc1)C(=O)CN(c1ccc(OC)cc1OC)S(C)(=O)=O. The predicted octanol–water partition coefficient (Wildman–Crippen LogP) is 2.86. The summed E-state index contributed by atoms with van der Waals surface area (Å²) in [5.41, 5.74) is 1.85. The highest BCUT2D eigenvalue weighted by molar-refractivity contribution is 7.92. The Morgan fingerprint density at radius 2 is 1.50 bits per heavy atom. The standard InChI is InChI=1S/C28H33N3O6S/c1-29-28(33)25(17-21-11-7-5-8-12-21)30(19-22-13-9-6-10-14-22)27(32)20-31(38(4,34)35)24-16-15-23(36-2)18-26(24)37-3/h5-16,18,25H,17,19-20H2,1-4H3,(H,29,33)/t25-/m0/s1. The molecule has 0 fully saturated rings. The molecule has 2 amide bonds. The van der Waals surface area contributed by atoms with Gasteiger partial charge in [0.2, 0.25) is 21.8 Å². The van der Waals surface area contributed by atoms with E-state index in [1.807, 2.05) is 60.7 Å². The molecular weight excluding hydrogens is 506 g/mol. The summed E-state index contributed by atoms with van der Waals surface area (Å²) in [6.45, 7) is -0.418. The third-order valence-electron chi connectivity index (χ3n) is 6.05. The van der Waals surface area contributed by atoms with Crippen molar-refractivity contribution in [1.29, 1.82) is 0 Å². The Hall–Kier alpha value is -4.05. The molecule has 0 aliphatic carbocycles. The molecule has 0 heterocycles. The van der Waals surface area contributed by atoms with Crippen LogP contribution in [-0.4, -0.2) is 65.2 Å². The van der Waals surface area contributed by atoms with Crippen molar-refractivity contribution in [3.8, 4) is 11.5 Å². The summed E-state index contributed by atoms with van der Waals surface area (Å²) in [6.07, 6.45) is 1.27. The highest BCUT2D eigenvalue weighted by atomic mass is 32.2. The molecule has 1 N–H and O–H groups in total. The van der Waals surface area contributed by atoms with Crippen LogP contribution in [0.1, 0.15) is 11.1 Å². The summed E-state index contributed by atoms with van der Waals surface area (Å²) in [5, 5.41) is 2.65. The second-order valence-corrected chi connectivity index (χ2v) is 10.5. The molecule has 0 radical (unpaired) electrons. The van der Waals surface area contributed by atoms with Crippen LogP contribution >= 0.6 is 0 Å². The molecule has 0 aliphatic rings. The average molecular weight is 540 g/mol. The summed E-state index contributed by atoms with van der Waals surface area (Å²) in [4.78, 5) is 28.5. The number of nitrogens with one attached hydrogen (secondary N) is 1. The lowest BCUT2D eigenvalue weighted by molar-refractivity contribution is -0.139. The molecule has 1 atom stereocenters. The molecular formula is C28H33N3O6S. The average Bonchev–Trinajstić information content (AvgIpc) is 2.93. The number of benzene rings is 3. The number of nitrogens with zero attached hydrogens (tertiary/aromatic N) is 2. The van der Waals surface area contributed by atoms with Gasteiger partial charge in [0.15, 0.2) is 0 Å². The third-order valence-corrected chi connectivity index (χ3v) is 7.17. The fourth-order valence-corrected chi connectivity index (χ4v) is 4.94. The van der Waals surface area contributed by atoms with Gasteiger partial charge in [-0.25, -0.2) is 8.42 Å². The zero-order chi connectivity index (χ0) is 27.7. The van der Waals surface area contributed by atoms with Crippen LogP contribution in [0.2, 0.25) is 0 Å². The minimum absolute atomic E-state index is 0.113. The molecule has 3 rings (SSSR count). The van der Waals surface area contributed by atoms with Gasteiger partial charge < -0.3 is 19.7 Å². The minimum Gasteiger partial charge on any atom is -0.497 e. The van der Waals surface area contributed by atoms with Crippen LogP contribution < -0.4 is 19.1 Å². The summed E-state index contributed by atoms with van der Waals surface area (Å²) < 4.78 is 37.4. The topological polar surface area (TPSA) is 105 Å². The number of carbonyl (C=O) groups is 2. The molecule has 0 saturated carbocycles. The van der Waals surface area contributed by atoms with Gasteiger partial charge in [0.25, 0.3) is 0 Å². The Morgan fingerprint density at radius 3 is 2.03 bits per heavy atom. The second-order valence-electron chi connectivity index (χ2n) is 8.63. The van der Waals surface area contributed by atoms with Gasteiger partial charge in [-0.05, 0) is 23.3 Å². The molecule has 0 bridgehead atoms. The molecule has 0 spiro atoms. The Labute approximate surface area is 224 Å². The monoisotopic (exact) mass is 539 g/mol. The summed E-state index contributed by atoms with van der Waals surface area (Å²) in [6, 6.07) is 22.4. The summed E-state index contributed by atoms with van der Waals surface area (Å²) >= 11 is 0. The predicted molar refractivity (Wildman–Crippen MR) is 147 cm³/mol. The number of sulfonamides is 1. The lowest BCUT2D eigenvalue weighted by Gasteiger charge is -2.33. The number of rotatable bonds is 12. The van der Waals surface area contributed by atoms with Gasteiger partial charge in [-0.2, -0.15) is 0 Å². The van der Waals surface area contributed by atoms with Crippen molar-refractivity contribution in [2.24, 2.45) is 0 Å². The maximum absolute atomic E-state index is 13.9. The highest BCUT2D eigenvalue weighted by Crippen LogP contribution is 2.33. The maximum atomic E-state index is 13.9. The van der Waals surface area contributed by atoms with E-state index < -0.39 is 28.5 Å². The molecule has 0 aromatic heterocycles. The van der Waals surface area contributed by atoms with Gasteiger partial charge in [-0.1, -0.05) is 60.7 Å². The smallest absolute Gasteiger partial charge is 0.244 e. The van der Waals surface area contributed by atoms with Gasteiger partial charge in [0.05, 0.1) is 26.2 Å². The minimum atomic E-state index is -3.92. The molecule has 3 aromatic rings. The Morgan fingerprint density at radius 1 is 0.895 bits per heavy atom. The Bertz CT molecular complexity index is 1330. The summed E-state index contributed by atoms with van der Waals surface area (Å²) in [7, 11) is 0.485. The van der Waals surface area contributed by atoms with Crippen LogP contribution in [0.3, 0.4) is 0 Å². The molecule has 10 heteroatoms. The fraction of sp³-hybridized carbons (Fsp3) is 0.286. The quantitative estimate of drug-likeness (QED) is 0.380. The number of hydrogen-bond donors (Lipinski definition) is 1. The first kappa shape index (κ1) is 28.5. The highest BCUT2D eigenvalue weighted by Gasteiger charge is 2.33. The number of amides is 2. The zero-order valence-corrected chi connectivity index (χ0v) is 22.8. The van der Waals surface area contributed by atoms with Crippen molar-refractivity contribution in [1.82, 2.24) is 10.2 Å². The van der Waals surface area contributed by atoms with E-state index in [-0.39, 0.29) is 30.3 Å². The first-order valence-electron chi connectivity index (χ1n) is 12.0. The lowest BCUT2D eigenvalue weighted by atomic mass is 10.0. The van der Waals surface area contributed by atoms with E-state index in [2.05, 4.69) is 5.32 Å². The molecule has 0 unspecified atom stereocenters. The first-order valence-corrected chi connectivity index (χ1v) is 13.8. The molecule has 0 aliphatic heterocycles. The molecule has 0 saturated heterocycles. The largest absolute Gasteiger partial charge is 0.497 e. The Balaban J connectivity index is 2.04. The van der Waals surface area contributed by atoms with Crippen LogP contribution in [0.15, 0.2) is 78.9 Å². The lowest BCUT2D eigenvalue weighted by Crippen LogP contribution is -2.52. The molecule has 3 aromatic carbocycles. The van der Waals surface area contributed by atoms with E-state index in [0.29, 0.717) is 5.75 Å². The van der Waals surface area contributed by atoms with E-state index in [9.17, 15) is 18.0 Å². The van der Waals surface area contributed by atoms with Crippen LogP contribution in [0.25, 0.3) is 0 Å². The van der Waals surface area contributed by atoms with Crippen LogP contribution in [-0.2, 0) is 32.6 Å². The molecule has 38 heavy (non-hydrogen) atoms. The van der Waals surface area contributed by atoms with Gasteiger partial charge in [-0.3, -0.25) is 13.9 Å². The van der Waals surface area contributed by atoms with Gasteiger partial charge in [0, 0.05) is 26.1 Å². The van der Waals surface area contributed by atoms with E-state index in [1.165, 1.54) is 32.2 Å². The van der Waals surface area contributed by atoms with Crippen LogP contribution in [0.5, 0.6) is 11.5 Å². The van der Waals surface area contributed by atoms with E-state index in [1.54, 1.807) is 12.1 Å². The molecule has 9 nitrogen and oxygen atoms in total. The van der Waals surface area contributed by atoms with Crippen molar-refractivity contribution in [2.75, 3.05) is 38.4 Å². The van der Waals surface area contributed by atoms with Crippen molar-refractivity contribution < 1.29 is 27.5 Å². The first-order chi connectivity index (χ1) is 18.2. The van der Waals surface area contributed by atoms with Crippen molar-refractivity contribution in [3.63, 3.8) is 0 Å². The number of ether oxygens (including phenoxy) is 2. The number of carbonyl (C=O) groups excluding carboxylic acids is 2. The summed E-state index contributed by atoms with van der Waals surface area (Å²) in [5.74, 6) is -0.198. The van der Waals surface area contributed by atoms with Crippen molar-refractivity contribution in [2.45, 2.75) is 19.0 Å². The van der Waals surface area contributed by atoms with Crippen molar-refractivity contribution >= 4 is 27.5 Å². The van der Waals surface area contributed by atoms with Gasteiger partial charge in [0.1, 0.15) is 24.1 Å². The number of hydrogen-bond acceptors (Lipinski definition) is 6. The second kappa shape index (κ2) is 13.0. The number of anilines is 1. The molecule has 202 valence electrons. The zero-order valence-electron chi connectivity index (χ0n) is 22.0. The normalized spacial score (nSPS) is 11.8. The van der Waals surface area contributed by atoms with Gasteiger partial charge in [-0.15, -0.1) is 0 Å². The Kier molecular flexibility index (Phi) is 9.72. The third kappa shape index (κ3) is 7.25. The van der Waals surface area contributed by atoms with E-state index in [4.69, 9.17) is 9.47 Å². The van der Waals surface area contributed by atoms with Crippen molar-refractivity contribution in [3.05, 3.63) is 90.0 Å². The number of methoxy groups -OCH3 is 2. The maximum Gasteiger partial charge on any atom is 0.244 e. The van der Waals surface area contributed by atoms with E-state index >= 15 is 0 Å².